The highest BCUT2D eigenvalue weighted by Gasteiger charge is 2.50. The van der Waals surface area contributed by atoms with E-state index in [1.54, 1.807) is 30.0 Å². The number of carbonyl (C=O) groups is 3. The zero-order valence-electron chi connectivity index (χ0n) is 17.4. The van der Waals surface area contributed by atoms with Gasteiger partial charge in [0.15, 0.2) is 11.5 Å². The minimum Gasteiger partial charge on any atom is -0.486 e. The van der Waals surface area contributed by atoms with Crippen LogP contribution in [0, 0.1) is 0 Å². The van der Waals surface area contributed by atoms with Gasteiger partial charge in [0.25, 0.3) is 5.91 Å². The number of hydrogen-bond donors (Lipinski definition) is 1. The molecule has 2 atom stereocenters. The minimum atomic E-state index is -1.29. The van der Waals surface area contributed by atoms with Gasteiger partial charge in [-0.3, -0.25) is 14.5 Å². The molecule has 0 bridgehead atoms. The monoisotopic (exact) mass is 421 g/mol. The van der Waals surface area contributed by atoms with Crippen molar-refractivity contribution >= 4 is 23.5 Å². The summed E-state index contributed by atoms with van der Waals surface area (Å²) in [5.41, 5.74) is 1.20. The summed E-state index contributed by atoms with van der Waals surface area (Å²) in [5, 5.41) is 2.75. The lowest BCUT2D eigenvalue weighted by Crippen LogP contribution is -2.46. The summed E-state index contributed by atoms with van der Waals surface area (Å²) < 4.78 is 11.1. The van der Waals surface area contributed by atoms with Gasteiger partial charge in [-0.25, -0.2) is 4.79 Å². The SMILES string of the molecule is C[C@@H]1Cc2ccccc2N1C(=O)CN1C(=O)N[C@](C)(c2ccc3c(c2)OCCO3)C1=O. The Morgan fingerprint density at radius 3 is 2.68 bits per heavy atom. The fourth-order valence-corrected chi connectivity index (χ4v) is 4.55. The average molecular weight is 421 g/mol. The van der Waals surface area contributed by atoms with E-state index in [1.807, 2.05) is 31.2 Å². The lowest BCUT2D eigenvalue weighted by molar-refractivity contribution is -0.134. The molecule has 0 unspecified atom stereocenters. The number of fused-ring (bicyclic) bond motifs is 2. The highest BCUT2D eigenvalue weighted by Crippen LogP contribution is 2.37. The maximum Gasteiger partial charge on any atom is 0.325 e. The number of hydrogen-bond acceptors (Lipinski definition) is 5. The molecule has 2 aromatic carbocycles. The average Bonchev–Trinajstić information content (AvgIpc) is 3.22. The molecular formula is C23H23N3O5. The molecule has 0 saturated carbocycles. The first-order chi connectivity index (χ1) is 14.9. The van der Waals surface area contributed by atoms with Crippen LogP contribution in [-0.4, -0.2) is 48.5 Å². The highest BCUT2D eigenvalue weighted by atomic mass is 16.6. The lowest BCUT2D eigenvalue weighted by Gasteiger charge is -2.26. The predicted molar refractivity (Wildman–Crippen MR) is 112 cm³/mol. The maximum atomic E-state index is 13.3. The molecule has 1 fully saturated rings. The van der Waals surface area contributed by atoms with E-state index in [4.69, 9.17) is 9.47 Å². The van der Waals surface area contributed by atoms with Crippen LogP contribution in [0.4, 0.5) is 10.5 Å². The van der Waals surface area contributed by atoms with Gasteiger partial charge in [-0.15, -0.1) is 0 Å². The van der Waals surface area contributed by atoms with Crippen LogP contribution in [0.25, 0.3) is 0 Å². The normalized spacial score (nSPS) is 24.3. The van der Waals surface area contributed by atoms with Crippen LogP contribution in [0.15, 0.2) is 42.5 Å². The molecule has 3 aliphatic heterocycles. The van der Waals surface area contributed by atoms with Crippen molar-refractivity contribution in [2.24, 2.45) is 0 Å². The van der Waals surface area contributed by atoms with Gasteiger partial charge in [-0.1, -0.05) is 24.3 Å². The van der Waals surface area contributed by atoms with E-state index in [0.717, 1.165) is 22.6 Å². The second kappa shape index (κ2) is 7.01. The summed E-state index contributed by atoms with van der Waals surface area (Å²) in [6.07, 6.45) is 0.747. The summed E-state index contributed by atoms with van der Waals surface area (Å²) >= 11 is 0. The molecule has 3 heterocycles. The first-order valence-corrected chi connectivity index (χ1v) is 10.3. The van der Waals surface area contributed by atoms with Crippen molar-refractivity contribution in [2.45, 2.75) is 31.8 Å². The minimum absolute atomic E-state index is 0.0326. The van der Waals surface area contributed by atoms with Crippen LogP contribution in [0.1, 0.15) is 25.0 Å². The number of ether oxygens (including phenoxy) is 2. The van der Waals surface area contributed by atoms with Crippen molar-refractivity contribution in [2.75, 3.05) is 24.7 Å². The third-order valence-corrected chi connectivity index (χ3v) is 6.16. The zero-order chi connectivity index (χ0) is 21.8. The Labute approximate surface area is 179 Å². The van der Waals surface area contributed by atoms with Crippen LogP contribution < -0.4 is 19.7 Å². The van der Waals surface area contributed by atoms with Crippen molar-refractivity contribution in [3.63, 3.8) is 0 Å². The second-order valence-electron chi connectivity index (χ2n) is 8.25. The standard InChI is InChI=1S/C23H23N3O5/c1-14-11-15-5-3-4-6-17(15)26(14)20(27)13-25-21(28)23(2,24-22(25)29)16-7-8-18-19(12-16)31-10-9-30-18/h3-8,12,14H,9-11,13H2,1-2H3,(H,24,29)/t14-,23-/m1/s1. The van der Waals surface area contributed by atoms with Gasteiger partial charge in [-0.05, 0) is 49.6 Å². The molecule has 1 saturated heterocycles. The van der Waals surface area contributed by atoms with E-state index in [9.17, 15) is 14.4 Å². The topological polar surface area (TPSA) is 88.2 Å². The summed E-state index contributed by atoms with van der Waals surface area (Å²) in [5.74, 6) is 0.378. The van der Waals surface area contributed by atoms with E-state index in [2.05, 4.69) is 5.32 Å². The summed E-state index contributed by atoms with van der Waals surface area (Å²) in [6, 6.07) is 12.2. The summed E-state index contributed by atoms with van der Waals surface area (Å²) in [7, 11) is 0. The number of urea groups is 1. The quantitative estimate of drug-likeness (QED) is 0.768. The molecule has 0 aromatic heterocycles. The molecule has 3 aliphatic rings. The van der Waals surface area contributed by atoms with Crippen LogP contribution in [-0.2, 0) is 21.5 Å². The van der Waals surface area contributed by atoms with E-state index >= 15 is 0 Å². The molecule has 8 heteroatoms. The number of nitrogens with zero attached hydrogens (tertiary/aromatic N) is 2. The van der Waals surface area contributed by atoms with Crippen LogP contribution in [0.2, 0.25) is 0 Å². The van der Waals surface area contributed by atoms with Gasteiger partial charge in [0.05, 0.1) is 0 Å². The van der Waals surface area contributed by atoms with Crippen molar-refractivity contribution in [1.82, 2.24) is 10.2 Å². The number of rotatable bonds is 3. The van der Waals surface area contributed by atoms with Crippen molar-refractivity contribution in [3.8, 4) is 11.5 Å². The fourth-order valence-electron chi connectivity index (χ4n) is 4.55. The predicted octanol–water partition coefficient (Wildman–Crippen LogP) is 2.20. The molecule has 31 heavy (non-hydrogen) atoms. The van der Waals surface area contributed by atoms with Gasteiger partial charge >= 0.3 is 6.03 Å². The Balaban J connectivity index is 1.39. The van der Waals surface area contributed by atoms with E-state index in [-0.39, 0.29) is 18.5 Å². The van der Waals surface area contributed by atoms with Crippen molar-refractivity contribution in [3.05, 3.63) is 53.6 Å². The first kappa shape index (κ1) is 19.4. The maximum absolute atomic E-state index is 13.3. The molecule has 0 spiro atoms. The summed E-state index contributed by atoms with van der Waals surface area (Å²) in [4.78, 5) is 41.8. The van der Waals surface area contributed by atoms with E-state index < -0.39 is 17.5 Å². The molecule has 4 amide bonds. The molecule has 0 aliphatic carbocycles. The number of amides is 4. The molecule has 160 valence electrons. The van der Waals surface area contributed by atoms with Gasteiger partial charge < -0.3 is 19.7 Å². The third kappa shape index (κ3) is 3.01. The van der Waals surface area contributed by atoms with Crippen LogP contribution in [0.5, 0.6) is 11.5 Å². The molecule has 1 N–H and O–H groups in total. The molecular weight excluding hydrogens is 398 g/mol. The second-order valence-corrected chi connectivity index (χ2v) is 8.25. The molecule has 0 radical (unpaired) electrons. The Bertz CT molecular complexity index is 1100. The molecule has 2 aromatic rings. The number of benzene rings is 2. The van der Waals surface area contributed by atoms with Gasteiger partial charge in [0.1, 0.15) is 25.3 Å². The van der Waals surface area contributed by atoms with Gasteiger partial charge in [-0.2, -0.15) is 0 Å². The smallest absolute Gasteiger partial charge is 0.325 e. The largest absolute Gasteiger partial charge is 0.486 e. The van der Waals surface area contributed by atoms with Crippen molar-refractivity contribution < 1.29 is 23.9 Å². The molecule has 5 rings (SSSR count). The van der Waals surface area contributed by atoms with Gasteiger partial charge in [0, 0.05) is 11.7 Å². The number of carbonyl (C=O) groups excluding carboxylic acids is 3. The Kier molecular flexibility index (Phi) is 4.39. The Hall–Kier alpha value is -3.55. The number of anilines is 1. The summed E-state index contributed by atoms with van der Waals surface area (Å²) in [6.45, 7) is 4.17. The Morgan fingerprint density at radius 2 is 1.87 bits per heavy atom. The van der Waals surface area contributed by atoms with Crippen LogP contribution >= 0.6 is 0 Å². The van der Waals surface area contributed by atoms with E-state index in [0.29, 0.717) is 30.3 Å². The van der Waals surface area contributed by atoms with Gasteiger partial charge in [0.2, 0.25) is 5.91 Å². The molecule has 8 nitrogen and oxygen atoms in total. The zero-order valence-corrected chi connectivity index (χ0v) is 17.4. The number of nitrogens with one attached hydrogen (secondary N) is 1. The van der Waals surface area contributed by atoms with E-state index in [1.165, 1.54) is 0 Å². The first-order valence-electron chi connectivity index (χ1n) is 10.3. The Morgan fingerprint density at radius 1 is 1.13 bits per heavy atom. The lowest BCUT2D eigenvalue weighted by atomic mass is 9.91. The number of imide groups is 1. The number of para-hydroxylation sites is 1. The fraction of sp³-hybridized carbons (Fsp3) is 0.348. The third-order valence-electron chi connectivity index (χ3n) is 6.16. The van der Waals surface area contributed by atoms with Crippen LogP contribution in [0.3, 0.4) is 0 Å². The highest BCUT2D eigenvalue weighted by molar-refractivity contribution is 6.11. The van der Waals surface area contributed by atoms with Crippen molar-refractivity contribution in [1.29, 1.82) is 0 Å².